The molecule has 0 aromatic heterocycles. The van der Waals surface area contributed by atoms with E-state index >= 15 is 0 Å². The largest absolute Gasteiger partial charge is 0.482 e. The molecule has 21 heavy (non-hydrogen) atoms. The molecule has 1 aromatic rings. The zero-order chi connectivity index (χ0) is 15.1. The number of hydrogen-bond donors (Lipinski definition) is 0. The van der Waals surface area contributed by atoms with Crippen molar-refractivity contribution >= 4 is 12.8 Å². The number of benzene rings is 1. The lowest BCUT2D eigenvalue weighted by Crippen LogP contribution is -2.92. The highest BCUT2D eigenvalue weighted by Crippen LogP contribution is 2.68. The first-order valence-electron chi connectivity index (χ1n) is 8.02. The Morgan fingerprint density at radius 3 is 2.00 bits per heavy atom. The predicted octanol–water partition coefficient (Wildman–Crippen LogP) is 3.24. The summed E-state index contributed by atoms with van der Waals surface area (Å²) >= 11 is 0. The fourth-order valence-electron chi connectivity index (χ4n) is 4.36. The molecule has 4 heterocycles. The topological polar surface area (TPSA) is 18.5 Å². The molecule has 2 bridgehead atoms. The molecule has 0 aliphatic carbocycles. The Kier molecular flexibility index (Phi) is 2.45. The molecule has 1 atom stereocenters. The van der Waals surface area contributed by atoms with Gasteiger partial charge in [0.15, 0.2) is 5.31 Å². The second-order valence-electron chi connectivity index (χ2n) is 8.18. The van der Waals surface area contributed by atoms with Crippen molar-refractivity contribution in [2.24, 2.45) is 0 Å². The molecule has 4 heteroatoms. The predicted molar refractivity (Wildman–Crippen MR) is 86.2 cm³/mol. The fraction of sp³-hybridized carbons (Fsp3) is 0.647. The Labute approximate surface area is 128 Å². The van der Waals surface area contributed by atoms with Crippen molar-refractivity contribution in [3.63, 3.8) is 0 Å². The molecule has 0 saturated carbocycles. The van der Waals surface area contributed by atoms with Gasteiger partial charge in [-0.3, -0.25) is 4.48 Å². The summed E-state index contributed by atoms with van der Waals surface area (Å²) in [6.07, 6.45) is 0. The smallest absolute Gasteiger partial charge is 0.402 e. The Bertz CT molecular complexity index is 562. The molecule has 4 aliphatic rings. The average Bonchev–Trinajstić information content (AvgIpc) is 2.58. The third kappa shape index (κ3) is 1.46. The maximum Gasteiger partial charge on any atom is 0.482 e. The van der Waals surface area contributed by atoms with Crippen molar-refractivity contribution in [1.29, 1.82) is 0 Å². The maximum atomic E-state index is 6.33. The molecular formula is C17H25BNO2+. The van der Waals surface area contributed by atoms with Crippen LogP contribution >= 0.6 is 0 Å². The van der Waals surface area contributed by atoms with E-state index in [1.54, 1.807) is 0 Å². The quantitative estimate of drug-likeness (QED) is 0.614. The molecular weight excluding hydrogens is 261 g/mol. The van der Waals surface area contributed by atoms with Gasteiger partial charge >= 0.3 is 7.12 Å². The average molecular weight is 286 g/mol. The number of rotatable bonds is 2. The highest BCUT2D eigenvalue weighted by Gasteiger charge is 2.85. The SMILES string of the molecule is CC1C2(B3OC(C)(C)C(C)(C)O3)C[N+]1(c1ccccc1)C2. The lowest BCUT2D eigenvalue weighted by Gasteiger charge is -2.74. The minimum atomic E-state index is -0.222. The van der Waals surface area contributed by atoms with Gasteiger partial charge in [0.2, 0.25) is 0 Å². The molecule has 1 unspecified atom stereocenters. The third-order valence-electron chi connectivity index (χ3n) is 6.72. The molecule has 1 aromatic carbocycles. The monoisotopic (exact) mass is 286 g/mol. The molecule has 0 spiro atoms. The van der Waals surface area contributed by atoms with Crippen molar-refractivity contribution in [2.45, 2.75) is 57.2 Å². The number of para-hydroxylation sites is 1. The van der Waals surface area contributed by atoms with Gasteiger partial charge in [0.25, 0.3) is 0 Å². The van der Waals surface area contributed by atoms with Crippen LogP contribution in [-0.4, -0.2) is 37.5 Å². The molecule has 3 nitrogen and oxygen atoms in total. The van der Waals surface area contributed by atoms with Crippen LogP contribution in [0.1, 0.15) is 34.6 Å². The van der Waals surface area contributed by atoms with Crippen molar-refractivity contribution in [1.82, 2.24) is 4.48 Å². The van der Waals surface area contributed by atoms with Gasteiger partial charge in [-0.2, -0.15) is 0 Å². The normalized spacial score (nSPS) is 42.3. The standard InChI is InChI=1S/C17H25BNO2/c1-13-17(18-20-15(2,3)16(4,5)21-18)11-19(13,12-17)14-9-7-6-8-10-14/h6-10,13H,11-12H2,1-5H3/q+1. The summed E-state index contributed by atoms with van der Waals surface area (Å²) in [5, 5.41) is 0.209. The highest BCUT2D eigenvalue weighted by molar-refractivity contribution is 6.52. The lowest BCUT2D eigenvalue weighted by atomic mass is 9.39. The Morgan fingerprint density at radius 1 is 1.00 bits per heavy atom. The summed E-state index contributed by atoms with van der Waals surface area (Å²) < 4.78 is 13.8. The van der Waals surface area contributed by atoms with Gasteiger partial charge in [0, 0.05) is 0 Å². The van der Waals surface area contributed by atoms with E-state index in [0.717, 1.165) is 17.6 Å². The van der Waals surface area contributed by atoms with Crippen molar-refractivity contribution < 1.29 is 9.31 Å². The van der Waals surface area contributed by atoms with E-state index < -0.39 is 0 Å². The zero-order valence-corrected chi connectivity index (χ0v) is 13.7. The molecule has 0 radical (unpaired) electrons. The number of quaternary nitrogens is 1. The van der Waals surface area contributed by atoms with Crippen LogP contribution in [0.4, 0.5) is 5.69 Å². The van der Waals surface area contributed by atoms with E-state index in [-0.39, 0.29) is 23.6 Å². The second-order valence-corrected chi connectivity index (χ2v) is 8.18. The van der Waals surface area contributed by atoms with Gasteiger partial charge in [-0.15, -0.1) is 0 Å². The molecule has 0 amide bonds. The van der Waals surface area contributed by atoms with Crippen LogP contribution in [0.3, 0.4) is 0 Å². The van der Waals surface area contributed by atoms with E-state index in [9.17, 15) is 0 Å². The summed E-state index contributed by atoms with van der Waals surface area (Å²) in [5.74, 6) is 0. The van der Waals surface area contributed by atoms with E-state index in [2.05, 4.69) is 65.0 Å². The van der Waals surface area contributed by atoms with Gasteiger partial charge < -0.3 is 9.31 Å². The van der Waals surface area contributed by atoms with Gasteiger partial charge in [-0.1, -0.05) is 18.2 Å². The second kappa shape index (κ2) is 3.73. The summed E-state index contributed by atoms with van der Waals surface area (Å²) in [6.45, 7) is 13.2. The van der Waals surface area contributed by atoms with E-state index in [4.69, 9.17) is 9.31 Å². The molecule has 112 valence electrons. The van der Waals surface area contributed by atoms with Crippen LogP contribution in [0.15, 0.2) is 30.3 Å². The number of hydrogen-bond acceptors (Lipinski definition) is 2. The number of nitrogens with zero attached hydrogens (tertiary/aromatic N) is 1. The van der Waals surface area contributed by atoms with Crippen molar-refractivity contribution in [3.05, 3.63) is 30.3 Å². The van der Waals surface area contributed by atoms with Gasteiger partial charge in [0.05, 0.1) is 24.3 Å². The summed E-state index contributed by atoms with van der Waals surface area (Å²) in [7, 11) is -0.0544. The van der Waals surface area contributed by atoms with Crippen molar-refractivity contribution in [3.8, 4) is 0 Å². The first-order chi connectivity index (χ1) is 9.74. The summed E-state index contributed by atoms with van der Waals surface area (Å²) in [5.41, 5.74) is 0.989. The van der Waals surface area contributed by atoms with Crippen LogP contribution in [0.5, 0.6) is 0 Å². The van der Waals surface area contributed by atoms with Crippen LogP contribution in [0.25, 0.3) is 0 Å². The Hall–Kier alpha value is -0.835. The van der Waals surface area contributed by atoms with Gasteiger partial charge in [0.1, 0.15) is 11.7 Å². The van der Waals surface area contributed by atoms with Gasteiger partial charge in [-0.25, -0.2) is 0 Å². The molecule has 5 rings (SSSR count). The van der Waals surface area contributed by atoms with Crippen LogP contribution in [0, 0.1) is 0 Å². The molecule has 0 N–H and O–H groups in total. The van der Waals surface area contributed by atoms with Crippen LogP contribution in [0.2, 0.25) is 5.31 Å². The van der Waals surface area contributed by atoms with Gasteiger partial charge in [-0.05, 0) is 46.8 Å². The Balaban J connectivity index is 1.57. The first-order valence-corrected chi connectivity index (χ1v) is 8.02. The maximum absolute atomic E-state index is 6.33. The van der Waals surface area contributed by atoms with Crippen LogP contribution < -0.4 is 4.48 Å². The zero-order valence-electron chi connectivity index (χ0n) is 13.7. The Morgan fingerprint density at radius 2 is 1.52 bits per heavy atom. The minimum Gasteiger partial charge on any atom is -0.402 e. The van der Waals surface area contributed by atoms with E-state index in [0.29, 0.717) is 6.04 Å². The minimum absolute atomic E-state index is 0.0544. The first kappa shape index (κ1) is 13.8. The molecule has 4 saturated heterocycles. The summed E-state index contributed by atoms with van der Waals surface area (Å²) in [6, 6.07) is 11.5. The van der Waals surface area contributed by atoms with Crippen LogP contribution in [-0.2, 0) is 9.31 Å². The van der Waals surface area contributed by atoms with E-state index in [1.165, 1.54) is 5.69 Å². The summed E-state index contributed by atoms with van der Waals surface area (Å²) in [4.78, 5) is 0. The highest BCUT2D eigenvalue weighted by atomic mass is 16.7. The van der Waals surface area contributed by atoms with Crippen molar-refractivity contribution in [2.75, 3.05) is 13.1 Å². The van der Waals surface area contributed by atoms with E-state index in [1.807, 2.05) is 0 Å². The fourth-order valence-corrected chi connectivity index (χ4v) is 4.36. The molecule has 4 aliphatic heterocycles. The third-order valence-corrected chi connectivity index (χ3v) is 6.72. The molecule has 4 fully saturated rings. The lowest BCUT2D eigenvalue weighted by molar-refractivity contribution is -0.105.